The van der Waals surface area contributed by atoms with E-state index in [0.29, 0.717) is 37.5 Å². The summed E-state index contributed by atoms with van der Waals surface area (Å²) < 4.78 is 32.9. The van der Waals surface area contributed by atoms with Gasteiger partial charge in [0, 0.05) is 37.4 Å². The summed E-state index contributed by atoms with van der Waals surface area (Å²) in [5.74, 6) is 0.396. The van der Waals surface area contributed by atoms with Gasteiger partial charge in [0.1, 0.15) is 10.6 Å². The zero-order chi connectivity index (χ0) is 19.6. The minimum Gasteiger partial charge on any atom is -0.495 e. The molecule has 0 unspecified atom stereocenters. The molecule has 1 saturated heterocycles. The number of carbonyl (C=O) groups excluding carboxylic acids is 1. The van der Waals surface area contributed by atoms with Crippen molar-refractivity contribution in [1.29, 1.82) is 0 Å². The number of aryl methyl sites for hydroxylation is 1. The number of nitrogens with zero attached hydrogens (tertiary/aromatic N) is 2. The van der Waals surface area contributed by atoms with Gasteiger partial charge in [-0.15, -0.1) is 0 Å². The molecule has 7 heteroatoms. The normalized spacial score (nSPS) is 15.6. The maximum atomic E-state index is 13.1. The second-order valence-corrected chi connectivity index (χ2v) is 8.55. The highest BCUT2D eigenvalue weighted by Gasteiger charge is 2.31. The van der Waals surface area contributed by atoms with E-state index < -0.39 is 10.0 Å². The summed E-state index contributed by atoms with van der Waals surface area (Å²) in [5.41, 5.74) is 2.54. The van der Waals surface area contributed by atoms with Crippen LogP contribution in [-0.4, -0.2) is 51.8 Å². The van der Waals surface area contributed by atoms with Crippen molar-refractivity contribution in [3.05, 3.63) is 53.6 Å². The fourth-order valence-electron chi connectivity index (χ4n) is 3.22. The Morgan fingerprint density at radius 2 is 1.63 bits per heavy atom. The summed E-state index contributed by atoms with van der Waals surface area (Å²) in [6.45, 7) is 5.38. The van der Waals surface area contributed by atoms with Crippen LogP contribution < -0.4 is 9.64 Å². The highest BCUT2D eigenvalue weighted by Crippen LogP contribution is 2.29. The van der Waals surface area contributed by atoms with Crippen LogP contribution in [0.25, 0.3) is 0 Å². The van der Waals surface area contributed by atoms with E-state index in [2.05, 4.69) is 4.90 Å². The summed E-state index contributed by atoms with van der Waals surface area (Å²) in [5, 5.41) is 0. The Labute approximate surface area is 160 Å². The third kappa shape index (κ3) is 3.99. The van der Waals surface area contributed by atoms with E-state index in [-0.39, 0.29) is 10.7 Å². The smallest absolute Gasteiger partial charge is 0.246 e. The van der Waals surface area contributed by atoms with Crippen molar-refractivity contribution in [2.24, 2.45) is 0 Å². The molecule has 1 aliphatic heterocycles. The van der Waals surface area contributed by atoms with E-state index in [9.17, 15) is 13.2 Å². The number of anilines is 1. The number of hydrogen-bond donors (Lipinski definition) is 0. The van der Waals surface area contributed by atoms with Crippen LogP contribution in [0.4, 0.5) is 5.69 Å². The number of piperazine rings is 1. The Hall–Kier alpha value is -2.38. The quantitative estimate of drug-likeness (QED) is 0.737. The molecule has 2 aromatic rings. The van der Waals surface area contributed by atoms with Gasteiger partial charge >= 0.3 is 0 Å². The minimum absolute atomic E-state index is 0.0320. The lowest BCUT2D eigenvalue weighted by molar-refractivity contribution is 0.101. The molecule has 1 fully saturated rings. The Morgan fingerprint density at radius 3 is 2.19 bits per heavy atom. The molecule has 1 aliphatic rings. The van der Waals surface area contributed by atoms with Crippen LogP contribution >= 0.6 is 0 Å². The van der Waals surface area contributed by atoms with Crippen LogP contribution in [0.15, 0.2) is 47.4 Å². The van der Waals surface area contributed by atoms with E-state index >= 15 is 0 Å². The third-order valence-electron chi connectivity index (χ3n) is 4.81. The van der Waals surface area contributed by atoms with E-state index in [1.165, 1.54) is 18.3 Å². The maximum Gasteiger partial charge on any atom is 0.246 e. The summed E-state index contributed by atoms with van der Waals surface area (Å²) >= 11 is 0. The van der Waals surface area contributed by atoms with Gasteiger partial charge in [0.25, 0.3) is 0 Å². The Morgan fingerprint density at radius 1 is 1.00 bits per heavy atom. The number of sulfonamides is 1. The molecule has 0 amide bonds. The zero-order valence-corrected chi connectivity index (χ0v) is 16.6. The van der Waals surface area contributed by atoms with E-state index in [4.69, 9.17) is 4.74 Å². The zero-order valence-electron chi connectivity index (χ0n) is 15.8. The Kier molecular flexibility index (Phi) is 5.53. The van der Waals surface area contributed by atoms with Gasteiger partial charge in [0.05, 0.1) is 7.11 Å². The predicted octanol–water partition coefficient (Wildman–Crippen LogP) is 2.72. The van der Waals surface area contributed by atoms with Crippen LogP contribution in [0.1, 0.15) is 22.8 Å². The largest absolute Gasteiger partial charge is 0.495 e. The number of ether oxygens (including phenoxy) is 1. The van der Waals surface area contributed by atoms with Crippen LogP contribution in [0, 0.1) is 6.92 Å². The fourth-order valence-corrected chi connectivity index (χ4v) is 4.88. The van der Waals surface area contributed by atoms with Crippen molar-refractivity contribution in [1.82, 2.24) is 4.31 Å². The predicted molar refractivity (Wildman–Crippen MR) is 105 cm³/mol. The first-order valence-corrected chi connectivity index (χ1v) is 10.3. The van der Waals surface area contributed by atoms with E-state index in [0.717, 1.165) is 11.3 Å². The Bertz CT molecular complexity index is 931. The van der Waals surface area contributed by atoms with Crippen molar-refractivity contribution < 1.29 is 17.9 Å². The molecule has 3 rings (SSSR count). The molecule has 6 nitrogen and oxygen atoms in total. The van der Waals surface area contributed by atoms with Crippen LogP contribution in [0.2, 0.25) is 0 Å². The number of Topliss-reactive ketones (excluding diaryl/α,β-unsaturated/α-hetero) is 1. The molecular formula is C20H24N2O4S. The number of methoxy groups -OCH3 is 1. The molecule has 1 heterocycles. The first kappa shape index (κ1) is 19.4. The first-order chi connectivity index (χ1) is 12.8. The number of hydrogen-bond acceptors (Lipinski definition) is 5. The standard InChI is InChI=1S/C20H24N2O4S/c1-15-4-9-19(26-3)20(14-15)27(24,25)22-12-10-21(11-13-22)18-7-5-17(6-8-18)16(2)23/h4-9,14H,10-13H2,1-3H3. The summed E-state index contributed by atoms with van der Waals surface area (Å²) in [4.78, 5) is 13.7. The average molecular weight is 388 g/mol. The lowest BCUT2D eigenvalue weighted by Gasteiger charge is -2.35. The summed E-state index contributed by atoms with van der Waals surface area (Å²) in [7, 11) is -2.14. The van der Waals surface area contributed by atoms with Crippen LogP contribution in [0.3, 0.4) is 0 Å². The Balaban J connectivity index is 1.75. The van der Waals surface area contributed by atoms with Crippen molar-refractivity contribution in [3.8, 4) is 5.75 Å². The summed E-state index contributed by atoms with van der Waals surface area (Å²) in [6, 6.07) is 12.6. The van der Waals surface area contributed by atoms with Gasteiger partial charge in [-0.1, -0.05) is 6.07 Å². The summed E-state index contributed by atoms with van der Waals surface area (Å²) in [6.07, 6.45) is 0. The molecular weight excluding hydrogens is 364 g/mol. The van der Waals surface area contributed by atoms with Crippen LogP contribution in [0.5, 0.6) is 5.75 Å². The van der Waals surface area contributed by atoms with Crippen molar-refractivity contribution >= 4 is 21.5 Å². The molecule has 2 aromatic carbocycles. The van der Waals surface area contributed by atoms with Gasteiger partial charge in [-0.2, -0.15) is 4.31 Å². The molecule has 0 aromatic heterocycles. The molecule has 0 aliphatic carbocycles. The molecule has 144 valence electrons. The molecule has 0 bridgehead atoms. The molecule has 0 atom stereocenters. The highest BCUT2D eigenvalue weighted by molar-refractivity contribution is 7.89. The number of rotatable bonds is 5. The number of carbonyl (C=O) groups is 1. The second-order valence-electron chi connectivity index (χ2n) is 6.65. The van der Waals surface area contributed by atoms with Gasteiger partial charge < -0.3 is 9.64 Å². The van der Waals surface area contributed by atoms with Gasteiger partial charge in [-0.25, -0.2) is 8.42 Å². The third-order valence-corrected chi connectivity index (χ3v) is 6.73. The van der Waals surface area contributed by atoms with Crippen molar-refractivity contribution in [2.45, 2.75) is 18.7 Å². The SMILES string of the molecule is COc1ccc(C)cc1S(=O)(=O)N1CCN(c2ccc(C(C)=O)cc2)CC1. The second kappa shape index (κ2) is 7.70. The maximum absolute atomic E-state index is 13.1. The monoisotopic (exact) mass is 388 g/mol. The lowest BCUT2D eigenvalue weighted by atomic mass is 10.1. The number of benzene rings is 2. The molecule has 0 N–H and O–H groups in total. The van der Waals surface area contributed by atoms with E-state index in [1.54, 1.807) is 24.3 Å². The first-order valence-electron chi connectivity index (χ1n) is 8.83. The molecule has 0 radical (unpaired) electrons. The van der Waals surface area contributed by atoms with Crippen molar-refractivity contribution in [3.63, 3.8) is 0 Å². The average Bonchev–Trinajstić information content (AvgIpc) is 2.68. The van der Waals surface area contributed by atoms with Gasteiger partial charge in [-0.05, 0) is 55.8 Å². The lowest BCUT2D eigenvalue weighted by Crippen LogP contribution is -2.48. The van der Waals surface area contributed by atoms with Gasteiger partial charge in [0.2, 0.25) is 10.0 Å². The van der Waals surface area contributed by atoms with E-state index in [1.807, 2.05) is 25.1 Å². The minimum atomic E-state index is -3.61. The topological polar surface area (TPSA) is 66.9 Å². The molecule has 27 heavy (non-hydrogen) atoms. The fraction of sp³-hybridized carbons (Fsp3) is 0.350. The van der Waals surface area contributed by atoms with Gasteiger partial charge in [0.15, 0.2) is 5.78 Å². The molecule has 0 spiro atoms. The van der Waals surface area contributed by atoms with Gasteiger partial charge in [-0.3, -0.25) is 4.79 Å². The molecule has 0 saturated carbocycles. The van der Waals surface area contributed by atoms with Crippen molar-refractivity contribution in [2.75, 3.05) is 38.2 Å². The number of ketones is 1. The highest BCUT2D eigenvalue weighted by atomic mass is 32.2. The van der Waals surface area contributed by atoms with Crippen LogP contribution in [-0.2, 0) is 10.0 Å².